The van der Waals surface area contributed by atoms with Gasteiger partial charge in [-0.3, -0.25) is 10.3 Å². The molecule has 0 saturated heterocycles. The fraction of sp³-hybridized carbons (Fsp3) is 0.450. The van der Waals surface area contributed by atoms with Crippen LogP contribution in [-0.2, 0) is 11.3 Å². The van der Waals surface area contributed by atoms with Gasteiger partial charge in [0.25, 0.3) is 0 Å². The van der Waals surface area contributed by atoms with Crippen LogP contribution in [-0.4, -0.2) is 21.7 Å². The SMILES string of the molecule is CCCC(NCc1ccc(NC(=O)OC(C)(C)C)nc1)c1ccccn1. The highest BCUT2D eigenvalue weighted by molar-refractivity contribution is 5.83. The molecular formula is C20H28N4O2. The van der Waals surface area contributed by atoms with Crippen LogP contribution in [0.15, 0.2) is 42.7 Å². The average Bonchev–Trinajstić information content (AvgIpc) is 2.59. The summed E-state index contributed by atoms with van der Waals surface area (Å²) in [5.74, 6) is 0.470. The Kier molecular flexibility index (Phi) is 7.09. The zero-order valence-electron chi connectivity index (χ0n) is 16.0. The van der Waals surface area contributed by atoms with Crippen LogP contribution in [0.25, 0.3) is 0 Å². The molecule has 2 aromatic rings. The molecule has 1 unspecified atom stereocenters. The number of amides is 1. The second-order valence-electron chi connectivity index (χ2n) is 7.16. The van der Waals surface area contributed by atoms with Crippen molar-refractivity contribution in [1.29, 1.82) is 0 Å². The molecule has 0 aromatic carbocycles. The molecule has 2 rings (SSSR count). The van der Waals surface area contributed by atoms with Crippen molar-refractivity contribution in [3.63, 3.8) is 0 Å². The van der Waals surface area contributed by atoms with Gasteiger partial charge < -0.3 is 10.1 Å². The van der Waals surface area contributed by atoms with E-state index in [2.05, 4.69) is 27.5 Å². The van der Waals surface area contributed by atoms with E-state index in [9.17, 15) is 4.79 Å². The van der Waals surface area contributed by atoms with Gasteiger partial charge in [-0.2, -0.15) is 0 Å². The van der Waals surface area contributed by atoms with Crippen molar-refractivity contribution in [2.75, 3.05) is 5.32 Å². The highest BCUT2D eigenvalue weighted by Gasteiger charge is 2.16. The number of pyridine rings is 2. The molecule has 0 spiro atoms. The van der Waals surface area contributed by atoms with Crippen LogP contribution in [0.5, 0.6) is 0 Å². The van der Waals surface area contributed by atoms with Gasteiger partial charge in [0.2, 0.25) is 0 Å². The Labute approximate surface area is 155 Å². The standard InChI is InChI=1S/C20H28N4O2/c1-5-8-16(17-9-6-7-12-21-17)22-13-15-10-11-18(23-14-15)24-19(25)26-20(2,3)4/h6-7,9-12,14,16,22H,5,8,13H2,1-4H3,(H,23,24,25). The van der Waals surface area contributed by atoms with Crippen molar-refractivity contribution in [1.82, 2.24) is 15.3 Å². The summed E-state index contributed by atoms with van der Waals surface area (Å²) in [4.78, 5) is 20.5. The lowest BCUT2D eigenvalue weighted by Crippen LogP contribution is -2.27. The summed E-state index contributed by atoms with van der Waals surface area (Å²) in [5.41, 5.74) is 1.55. The summed E-state index contributed by atoms with van der Waals surface area (Å²) in [6.45, 7) is 8.31. The lowest BCUT2D eigenvalue weighted by molar-refractivity contribution is 0.0635. The molecule has 6 heteroatoms. The maximum Gasteiger partial charge on any atom is 0.413 e. The van der Waals surface area contributed by atoms with E-state index in [0.29, 0.717) is 12.4 Å². The Hall–Kier alpha value is -2.47. The van der Waals surface area contributed by atoms with Crippen molar-refractivity contribution in [2.45, 2.75) is 58.7 Å². The van der Waals surface area contributed by atoms with Crippen LogP contribution in [0.1, 0.15) is 57.8 Å². The van der Waals surface area contributed by atoms with Crippen LogP contribution in [0.3, 0.4) is 0 Å². The number of hydrogen-bond acceptors (Lipinski definition) is 5. The molecule has 0 saturated carbocycles. The number of ether oxygens (including phenoxy) is 1. The van der Waals surface area contributed by atoms with Gasteiger partial charge in [0.15, 0.2) is 0 Å². The number of aromatic nitrogens is 2. The van der Waals surface area contributed by atoms with E-state index >= 15 is 0 Å². The molecule has 2 N–H and O–H groups in total. The highest BCUT2D eigenvalue weighted by Crippen LogP contribution is 2.17. The fourth-order valence-corrected chi connectivity index (χ4v) is 2.48. The Balaban J connectivity index is 1.91. The third-order valence-corrected chi connectivity index (χ3v) is 3.63. The summed E-state index contributed by atoms with van der Waals surface area (Å²) in [6.07, 6.45) is 5.15. The lowest BCUT2D eigenvalue weighted by atomic mass is 10.1. The number of carbonyl (C=O) groups is 1. The van der Waals surface area contributed by atoms with Crippen molar-refractivity contribution < 1.29 is 9.53 Å². The molecule has 0 bridgehead atoms. The summed E-state index contributed by atoms with van der Waals surface area (Å²) in [7, 11) is 0. The Bertz CT molecular complexity index is 681. The van der Waals surface area contributed by atoms with Gasteiger partial charge in [0, 0.05) is 25.0 Å². The Morgan fingerprint density at radius 1 is 1.19 bits per heavy atom. The molecule has 140 valence electrons. The van der Waals surface area contributed by atoms with E-state index < -0.39 is 11.7 Å². The predicted octanol–water partition coefficient (Wildman–Crippen LogP) is 4.45. The first-order valence-corrected chi connectivity index (χ1v) is 8.96. The summed E-state index contributed by atoms with van der Waals surface area (Å²) < 4.78 is 5.22. The minimum Gasteiger partial charge on any atom is -0.444 e. The third kappa shape index (κ3) is 6.80. The summed E-state index contributed by atoms with van der Waals surface area (Å²) in [5, 5.41) is 6.16. The smallest absolute Gasteiger partial charge is 0.413 e. The maximum atomic E-state index is 11.8. The number of nitrogens with zero attached hydrogens (tertiary/aromatic N) is 2. The normalized spacial score (nSPS) is 12.5. The summed E-state index contributed by atoms with van der Waals surface area (Å²) in [6, 6.07) is 9.89. The topological polar surface area (TPSA) is 76.1 Å². The Morgan fingerprint density at radius 3 is 2.58 bits per heavy atom. The lowest BCUT2D eigenvalue weighted by Gasteiger charge is -2.19. The van der Waals surface area contributed by atoms with Crippen LogP contribution >= 0.6 is 0 Å². The second kappa shape index (κ2) is 9.29. The van der Waals surface area contributed by atoms with E-state index in [4.69, 9.17) is 4.74 Å². The van der Waals surface area contributed by atoms with Gasteiger partial charge >= 0.3 is 6.09 Å². The van der Waals surface area contributed by atoms with Crippen molar-refractivity contribution >= 4 is 11.9 Å². The van der Waals surface area contributed by atoms with Gasteiger partial charge in [0.05, 0.1) is 5.69 Å². The Morgan fingerprint density at radius 2 is 2.00 bits per heavy atom. The van der Waals surface area contributed by atoms with Crippen molar-refractivity contribution in [3.8, 4) is 0 Å². The minimum absolute atomic E-state index is 0.209. The second-order valence-corrected chi connectivity index (χ2v) is 7.16. The quantitative estimate of drug-likeness (QED) is 0.766. The van der Waals surface area contributed by atoms with Crippen LogP contribution < -0.4 is 10.6 Å². The number of nitrogens with one attached hydrogen (secondary N) is 2. The van der Waals surface area contributed by atoms with Crippen LogP contribution in [0.2, 0.25) is 0 Å². The number of rotatable bonds is 7. The van der Waals surface area contributed by atoms with Gasteiger partial charge in [-0.15, -0.1) is 0 Å². The largest absolute Gasteiger partial charge is 0.444 e. The van der Waals surface area contributed by atoms with Gasteiger partial charge in [-0.1, -0.05) is 25.5 Å². The number of carbonyl (C=O) groups excluding carboxylic acids is 1. The first kappa shape index (κ1) is 19.8. The molecule has 2 heterocycles. The number of anilines is 1. The maximum absolute atomic E-state index is 11.8. The van der Waals surface area contributed by atoms with Crippen LogP contribution in [0.4, 0.5) is 10.6 Å². The van der Waals surface area contributed by atoms with E-state index in [0.717, 1.165) is 24.1 Å². The van der Waals surface area contributed by atoms with Crippen molar-refractivity contribution in [3.05, 3.63) is 54.0 Å². The minimum atomic E-state index is -0.534. The molecule has 0 fully saturated rings. The van der Waals surface area contributed by atoms with Gasteiger partial charge in [-0.05, 0) is 51.0 Å². The van der Waals surface area contributed by atoms with E-state index in [1.165, 1.54) is 0 Å². The first-order chi connectivity index (χ1) is 12.4. The fourth-order valence-electron chi connectivity index (χ4n) is 2.48. The summed E-state index contributed by atoms with van der Waals surface area (Å²) >= 11 is 0. The molecule has 0 aliphatic carbocycles. The molecule has 6 nitrogen and oxygen atoms in total. The van der Waals surface area contributed by atoms with E-state index in [-0.39, 0.29) is 6.04 Å². The predicted molar refractivity (Wildman–Crippen MR) is 103 cm³/mol. The molecule has 2 aromatic heterocycles. The molecular weight excluding hydrogens is 328 g/mol. The van der Waals surface area contributed by atoms with Crippen molar-refractivity contribution in [2.24, 2.45) is 0 Å². The molecule has 26 heavy (non-hydrogen) atoms. The molecule has 0 aliphatic heterocycles. The van der Waals surface area contributed by atoms with E-state index in [1.54, 1.807) is 12.3 Å². The highest BCUT2D eigenvalue weighted by atomic mass is 16.6. The zero-order valence-corrected chi connectivity index (χ0v) is 16.0. The number of hydrogen-bond donors (Lipinski definition) is 2. The molecule has 1 amide bonds. The molecule has 0 aliphatic rings. The van der Waals surface area contributed by atoms with E-state index in [1.807, 2.05) is 51.2 Å². The third-order valence-electron chi connectivity index (χ3n) is 3.63. The monoisotopic (exact) mass is 356 g/mol. The van der Waals surface area contributed by atoms with Gasteiger partial charge in [-0.25, -0.2) is 9.78 Å². The average molecular weight is 356 g/mol. The zero-order chi connectivity index (χ0) is 19.0. The first-order valence-electron chi connectivity index (χ1n) is 8.96. The van der Waals surface area contributed by atoms with Gasteiger partial charge in [0.1, 0.15) is 11.4 Å². The van der Waals surface area contributed by atoms with Crippen LogP contribution in [0, 0.1) is 0 Å². The molecule has 0 radical (unpaired) electrons. The molecule has 1 atom stereocenters.